The molecular formula is C19H21F4NO3. The number of halogens is 4. The van der Waals surface area contributed by atoms with Gasteiger partial charge in [0.25, 0.3) is 0 Å². The predicted molar refractivity (Wildman–Crippen MR) is 92.2 cm³/mol. The number of hydrogen-bond acceptors (Lipinski definition) is 3. The third kappa shape index (κ3) is 8.11. The number of esters is 1. The standard InChI is InChI=1S/C19H21F4NO3/c1-4-10-27-16(25)12-18(2,3)9-5-6-13-7-8-14(20)11-15(13)24-17(26)19(21,22)23/h7-8,11H,4,9-10,12H2,1-3H3,(H,24,26). The van der Waals surface area contributed by atoms with Crippen LogP contribution < -0.4 is 5.32 Å². The zero-order chi connectivity index (χ0) is 20.7. The Morgan fingerprint density at radius 1 is 1.22 bits per heavy atom. The summed E-state index contributed by atoms with van der Waals surface area (Å²) in [6, 6.07) is 2.97. The maximum atomic E-state index is 13.3. The zero-order valence-corrected chi connectivity index (χ0v) is 15.3. The van der Waals surface area contributed by atoms with Crippen LogP contribution in [0.4, 0.5) is 23.2 Å². The Kier molecular flexibility index (Phi) is 7.82. The fraction of sp³-hybridized carbons (Fsp3) is 0.474. The van der Waals surface area contributed by atoms with Crippen molar-refractivity contribution in [2.24, 2.45) is 5.41 Å². The summed E-state index contributed by atoms with van der Waals surface area (Å²) in [4.78, 5) is 22.8. The quantitative estimate of drug-likeness (QED) is 0.446. The molecule has 0 atom stereocenters. The summed E-state index contributed by atoms with van der Waals surface area (Å²) in [7, 11) is 0. The van der Waals surface area contributed by atoms with E-state index in [0.29, 0.717) is 13.0 Å². The Hall–Kier alpha value is -2.56. The van der Waals surface area contributed by atoms with Gasteiger partial charge in [0.15, 0.2) is 0 Å². The fourth-order valence-electron chi connectivity index (χ4n) is 2.02. The van der Waals surface area contributed by atoms with Gasteiger partial charge in [-0.3, -0.25) is 9.59 Å². The molecule has 0 aromatic heterocycles. The van der Waals surface area contributed by atoms with Crippen molar-refractivity contribution in [3.05, 3.63) is 29.6 Å². The van der Waals surface area contributed by atoms with Crippen molar-refractivity contribution in [3.8, 4) is 11.8 Å². The van der Waals surface area contributed by atoms with Crippen molar-refractivity contribution in [2.45, 2.75) is 46.2 Å². The second kappa shape index (κ2) is 9.40. The Bertz CT molecular complexity index is 746. The molecule has 8 heteroatoms. The third-order valence-electron chi connectivity index (χ3n) is 3.37. The molecule has 1 rings (SSSR count). The molecule has 0 saturated heterocycles. The van der Waals surface area contributed by atoms with E-state index in [1.165, 1.54) is 6.07 Å². The number of anilines is 1. The van der Waals surface area contributed by atoms with Gasteiger partial charge in [0.05, 0.1) is 18.7 Å². The van der Waals surface area contributed by atoms with Crippen LogP contribution in [0.15, 0.2) is 18.2 Å². The third-order valence-corrected chi connectivity index (χ3v) is 3.37. The molecule has 0 saturated carbocycles. The van der Waals surface area contributed by atoms with Crippen LogP contribution in [0.25, 0.3) is 0 Å². The number of rotatable bonds is 6. The summed E-state index contributed by atoms with van der Waals surface area (Å²) < 4.78 is 55.5. The lowest BCUT2D eigenvalue weighted by Gasteiger charge is -2.20. The van der Waals surface area contributed by atoms with Gasteiger partial charge in [0, 0.05) is 12.0 Å². The molecule has 0 spiro atoms. The Morgan fingerprint density at radius 3 is 2.48 bits per heavy atom. The Labute approximate surface area is 155 Å². The van der Waals surface area contributed by atoms with Gasteiger partial charge >= 0.3 is 18.1 Å². The smallest absolute Gasteiger partial charge is 0.466 e. The molecule has 0 aliphatic rings. The van der Waals surface area contributed by atoms with Crippen LogP contribution in [0.3, 0.4) is 0 Å². The molecule has 0 bridgehead atoms. The highest BCUT2D eigenvalue weighted by atomic mass is 19.4. The number of alkyl halides is 3. The topological polar surface area (TPSA) is 55.4 Å². The van der Waals surface area contributed by atoms with E-state index in [1.54, 1.807) is 19.2 Å². The number of carbonyl (C=O) groups is 2. The summed E-state index contributed by atoms with van der Waals surface area (Å²) in [6.45, 7) is 5.80. The summed E-state index contributed by atoms with van der Waals surface area (Å²) in [5.41, 5.74) is -0.851. The van der Waals surface area contributed by atoms with E-state index in [0.717, 1.165) is 12.1 Å². The van der Waals surface area contributed by atoms with Crippen molar-refractivity contribution >= 4 is 17.6 Å². The summed E-state index contributed by atoms with van der Waals surface area (Å²) >= 11 is 0. The van der Waals surface area contributed by atoms with Gasteiger partial charge in [-0.25, -0.2) is 4.39 Å². The molecule has 0 aliphatic carbocycles. The van der Waals surface area contributed by atoms with Gasteiger partial charge in [0.2, 0.25) is 0 Å². The second-order valence-electron chi connectivity index (χ2n) is 6.68. The lowest BCUT2D eigenvalue weighted by Crippen LogP contribution is -2.30. The van der Waals surface area contributed by atoms with Crippen molar-refractivity contribution in [3.63, 3.8) is 0 Å². The summed E-state index contributed by atoms with van der Waals surface area (Å²) in [5.74, 6) is 2.00. The average molecular weight is 387 g/mol. The number of benzene rings is 1. The van der Waals surface area contributed by atoms with Crippen LogP contribution in [0.2, 0.25) is 0 Å². The van der Waals surface area contributed by atoms with E-state index in [1.807, 2.05) is 6.92 Å². The fourth-order valence-corrected chi connectivity index (χ4v) is 2.02. The van der Waals surface area contributed by atoms with Crippen LogP contribution in [-0.4, -0.2) is 24.7 Å². The van der Waals surface area contributed by atoms with E-state index in [2.05, 4.69) is 11.8 Å². The van der Waals surface area contributed by atoms with Crippen molar-refractivity contribution < 1.29 is 31.9 Å². The molecule has 4 nitrogen and oxygen atoms in total. The minimum Gasteiger partial charge on any atom is -0.466 e. The van der Waals surface area contributed by atoms with Crippen LogP contribution in [-0.2, 0) is 14.3 Å². The molecule has 0 fully saturated rings. The van der Waals surface area contributed by atoms with Crippen LogP contribution in [0.5, 0.6) is 0 Å². The first-order valence-electron chi connectivity index (χ1n) is 8.27. The minimum absolute atomic E-state index is 0.0401. The molecule has 1 amide bonds. The minimum atomic E-state index is -5.10. The van der Waals surface area contributed by atoms with E-state index in [4.69, 9.17) is 4.74 Å². The van der Waals surface area contributed by atoms with E-state index in [9.17, 15) is 27.2 Å². The van der Waals surface area contributed by atoms with Gasteiger partial charge in [-0.05, 0) is 30.0 Å². The van der Waals surface area contributed by atoms with Gasteiger partial charge in [-0.2, -0.15) is 13.2 Å². The Balaban J connectivity index is 2.88. The average Bonchev–Trinajstić information content (AvgIpc) is 2.53. The number of nitrogens with one attached hydrogen (secondary N) is 1. The molecule has 0 aliphatic heterocycles. The van der Waals surface area contributed by atoms with Crippen molar-refractivity contribution in [2.75, 3.05) is 11.9 Å². The summed E-state index contributed by atoms with van der Waals surface area (Å²) in [6.07, 6.45) is -4.01. The molecule has 0 unspecified atom stereocenters. The van der Waals surface area contributed by atoms with Crippen LogP contribution in [0.1, 0.15) is 45.6 Å². The van der Waals surface area contributed by atoms with Gasteiger partial charge in [-0.15, -0.1) is 0 Å². The normalized spacial score (nSPS) is 11.4. The maximum absolute atomic E-state index is 13.3. The molecule has 27 heavy (non-hydrogen) atoms. The predicted octanol–water partition coefficient (Wildman–Crippen LogP) is 4.44. The zero-order valence-electron chi connectivity index (χ0n) is 15.3. The lowest BCUT2D eigenvalue weighted by molar-refractivity contribution is -0.167. The molecular weight excluding hydrogens is 366 g/mol. The second-order valence-corrected chi connectivity index (χ2v) is 6.68. The largest absolute Gasteiger partial charge is 0.471 e. The number of ether oxygens (including phenoxy) is 1. The molecule has 1 N–H and O–H groups in total. The van der Waals surface area contributed by atoms with E-state index in [-0.39, 0.29) is 30.1 Å². The summed E-state index contributed by atoms with van der Waals surface area (Å²) in [5, 5.41) is 1.61. The SMILES string of the molecule is CCCOC(=O)CC(C)(C)CC#Cc1ccc(F)cc1NC(=O)C(F)(F)F. The first kappa shape index (κ1) is 22.5. The first-order chi connectivity index (χ1) is 12.4. The number of amides is 1. The highest BCUT2D eigenvalue weighted by Crippen LogP contribution is 2.26. The highest BCUT2D eigenvalue weighted by Gasteiger charge is 2.39. The van der Waals surface area contributed by atoms with Crippen LogP contribution in [0, 0.1) is 23.1 Å². The Morgan fingerprint density at radius 2 is 1.89 bits per heavy atom. The van der Waals surface area contributed by atoms with Crippen molar-refractivity contribution in [1.29, 1.82) is 0 Å². The van der Waals surface area contributed by atoms with E-state index >= 15 is 0 Å². The molecule has 0 heterocycles. The monoisotopic (exact) mass is 387 g/mol. The molecule has 1 aromatic rings. The lowest BCUT2D eigenvalue weighted by atomic mass is 9.86. The van der Waals surface area contributed by atoms with Gasteiger partial charge in [-0.1, -0.05) is 32.6 Å². The van der Waals surface area contributed by atoms with Crippen molar-refractivity contribution in [1.82, 2.24) is 0 Å². The number of carbonyl (C=O) groups excluding carboxylic acids is 2. The van der Waals surface area contributed by atoms with E-state index < -0.39 is 23.3 Å². The highest BCUT2D eigenvalue weighted by molar-refractivity contribution is 5.96. The maximum Gasteiger partial charge on any atom is 0.471 e. The van der Waals surface area contributed by atoms with Gasteiger partial charge < -0.3 is 10.1 Å². The molecule has 0 radical (unpaired) electrons. The van der Waals surface area contributed by atoms with Crippen LogP contribution >= 0.6 is 0 Å². The first-order valence-corrected chi connectivity index (χ1v) is 8.27. The molecule has 148 valence electrons. The van der Waals surface area contributed by atoms with Gasteiger partial charge in [0.1, 0.15) is 5.82 Å². The number of hydrogen-bond donors (Lipinski definition) is 1. The molecule has 1 aromatic carbocycles.